The summed E-state index contributed by atoms with van der Waals surface area (Å²) in [6.45, 7) is 1.47. The van der Waals surface area contributed by atoms with Crippen LogP contribution in [0.25, 0.3) is 0 Å². The van der Waals surface area contributed by atoms with E-state index in [9.17, 15) is 4.79 Å². The molecule has 0 saturated heterocycles. The molecular weight excluding hydrogens is 190 g/mol. The minimum atomic E-state index is -0.165. The minimum absolute atomic E-state index is 0.00768. The number of nitrogens with one attached hydrogen (secondary N) is 1. The number of carbonyl (C=O) groups is 1. The van der Waals surface area contributed by atoms with Gasteiger partial charge in [-0.2, -0.15) is 0 Å². The summed E-state index contributed by atoms with van der Waals surface area (Å²) >= 11 is 0. The predicted molar refractivity (Wildman–Crippen MR) is 59.2 cm³/mol. The standard InChI is InChI=1S/C12H15NO2/c1-10(15)7-8-13-12(9-14)11-5-3-2-4-6-11/h2-8,12-14H,9H2,1H3/b8-7-/t12-/m0/s1. The predicted octanol–water partition coefficient (Wildman–Crippen LogP) is 1.41. The summed E-state index contributed by atoms with van der Waals surface area (Å²) in [6.07, 6.45) is 3.00. The van der Waals surface area contributed by atoms with Crippen molar-refractivity contribution in [3.05, 3.63) is 48.2 Å². The Labute approximate surface area is 89.4 Å². The van der Waals surface area contributed by atoms with Crippen molar-refractivity contribution in [2.24, 2.45) is 0 Å². The summed E-state index contributed by atoms with van der Waals surface area (Å²) < 4.78 is 0. The van der Waals surface area contributed by atoms with Gasteiger partial charge in [-0.3, -0.25) is 4.79 Å². The number of aliphatic hydroxyl groups excluding tert-OH is 1. The third-order valence-corrected chi connectivity index (χ3v) is 2.00. The Hall–Kier alpha value is -1.61. The molecule has 2 N–H and O–H groups in total. The molecule has 0 aliphatic heterocycles. The van der Waals surface area contributed by atoms with E-state index in [0.29, 0.717) is 0 Å². The van der Waals surface area contributed by atoms with Crippen LogP contribution in [0, 0.1) is 0 Å². The Morgan fingerprint density at radius 3 is 2.67 bits per heavy atom. The van der Waals surface area contributed by atoms with Gasteiger partial charge < -0.3 is 10.4 Å². The number of carbonyl (C=O) groups excluding carboxylic acids is 1. The van der Waals surface area contributed by atoms with Gasteiger partial charge in [0, 0.05) is 6.20 Å². The highest BCUT2D eigenvalue weighted by molar-refractivity contribution is 5.87. The number of rotatable bonds is 5. The van der Waals surface area contributed by atoms with Gasteiger partial charge in [0.2, 0.25) is 0 Å². The molecule has 0 heterocycles. The third kappa shape index (κ3) is 3.95. The number of hydrogen-bond donors (Lipinski definition) is 2. The normalized spacial score (nSPS) is 12.7. The Morgan fingerprint density at radius 2 is 2.13 bits per heavy atom. The topological polar surface area (TPSA) is 49.3 Å². The van der Waals surface area contributed by atoms with Gasteiger partial charge in [-0.1, -0.05) is 30.3 Å². The van der Waals surface area contributed by atoms with Crippen LogP contribution in [0.5, 0.6) is 0 Å². The van der Waals surface area contributed by atoms with Crippen LogP contribution >= 0.6 is 0 Å². The van der Waals surface area contributed by atoms with Crippen molar-refractivity contribution in [3.8, 4) is 0 Å². The van der Waals surface area contributed by atoms with E-state index in [2.05, 4.69) is 5.32 Å². The summed E-state index contributed by atoms with van der Waals surface area (Å²) in [7, 11) is 0. The van der Waals surface area contributed by atoms with Crippen LogP contribution in [0.15, 0.2) is 42.6 Å². The lowest BCUT2D eigenvalue weighted by Gasteiger charge is -2.14. The molecule has 0 bridgehead atoms. The summed E-state index contributed by atoms with van der Waals surface area (Å²) in [5.41, 5.74) is 0.994. The first kappa shape index (κ1) is 11.5. The van der Waals surface area contributed by atoms with Crippen molar-refractivity contribution in [2.75, 3.05) is 6.61 Å². The first-order valence-corrected chi connectivity index (χ1v) is 4.83. The van der Waals surface area contributed by atoms with Crippen molar-refractivity contribution >= 4 is 5.78 Å². The van der Waals surface area contributed by atoms with E-state index in [4.69, 9.17) is 5.11 Å². The van der Waals surface area contributed by atoms with E-state index in [1.54, 1.807) is 6.20 Å². The average Bonchev–Trinajstić information content (AvgIpc) is 2.25. The molecule has 0 spiro atoms. The highest BCUT2D eigenvalue weighted by Crippen LogP contribution is 2.10. The van der Waals surface area contributed by atoms with Gasteiger partial charge in [-0.25, -0.2) is 0 Å². The summed E-state index contributed by atoms with van der Waals surface area (Å²) in [5.74, 6) is -0.0211. The number of benzene rings is 1. The molecule has 0 aliphatic rings. The number of allylic oxidation sites excluding steroid dienone is 1. The van der Waals surface area contributed by atoms with E-state index < -0.39 is 0 Å². The molecular formula is C12H15NO2. The second kappa shape index (κ2) is 5.98. The van der Waals surface area contributed by atoms with Crippen LogP contribution < -0.4 is 5.32 Å². The van der Waals surface area contributed by atoms with Crippen LogP contribution in [-0.2, 0) is 4.79 Å². The quantitative estimate of drug-likeness (QED) is 0.715. The molecule has 1 aromatic carbocycles. The van der Waals surface area contributed by atoms with Crippen molar-refractivity contribution in [3.63, 3.8) is 0 Å². The van der Waals surface area contributed by atoms with E-state index in [-0.39, 0.29) is 18.4 Å². The molecule has 3 nitrogen and oxygen atoms in total. The van der Waals surface area contributed by atoms with Crippen LogP contribution in [0.2, 0.25) is 0 Å². The van der Waals surface area contributed by atoms with E-state index in [1.807, 2.05) is 30.3 Å². The Balaban J connectivity index is 2.61. The fraction of sp³-hybridized carbons (Fsp3) is 0.250. The zero-order chi connectivity index (χ0) is 11.1. The average molecular weight is 205 g/mol. The van der Waals surface area contributed by atoms with Gasteiger partial charge in [0.25, 0.3) is 0 Å². The van der Waals surface area contributed by atoms with Gasteiger partial charge in [-0.05, 0) is 18.6 Å². The van der Waals surface area contributed by atoms with Crippen LogP contribution in [0.3, 0.4) is 0 Å². The fourth-order valence-corrected chi connectivity index (χ4v) is 1.22. The molecule has 1 rings (SSSR count). The highest BCUT2D eigenvalue weighted by atomic mass is 16.3. The molecule has 0 aliphatic carbocycles. The largest absolute Gasteiger partial charge is 0.394 e. The molecule has 0 fully saturated rings. The molecule has 15 heavy (non-hydrogen) atoms. The molecule has 0 radical (unpaired) electrons. The molecule has 1 aromatic rings. The number of hydrogen-bond acceptors (Lipinski definition) is 3. The lowest BCUT2D eigenvalue weighted by Crippen LogP contribution is -2.19. The third-order valence-electron chi connectivity index (χ3n) is 2.00. The fourth-order valence-electron chi connectivity index (χ4n) is 1.22. The van der Waals surface area contributed by atoms with Gasteiger partial charge >= 0.3 is 0 Å². The number of aliphatic hydroxyl groups is 1. The first-order valence-electron chi connectivity index (χ1n) is 4.83. The Morgan fingerprint density at radius 1 is 1.47 bits per heavy atom. The van der Waals surface area contributed by atoms with Crippen molar-refractivity contribution in [2.45, 2.75) is 13.0 Å². The van der Waals surface area contributed by atoms with E-state index in [1.165, 1.54) is 13.0 Å². The zero-order valence-corrected chi connectivity index (χ0v) is 8.68. The lowest BCUT2D eigenvalue weighted by atomic mass is 10.1. The summed E-state index contributed by atoms with van der Waals surface area (Å²) in [4.78, 5) is 10.7. The van der Waals surface area contributed by atoms with E-state index in [0.717, 1.165) is 5.56 Å². The maximum Gasteiger partial charge on any atom is 0.154 e. The second-order valence-corrected chi connectivity index (χ2v) is 3.26. The minimum Gasteiger partial charge on any atom is -0.394 e. The SMILES string of the molecule is CC(=O)/C=C\N[C@@H](CO)c1ccccc1. The Bertz CT molecular complexity index is 333. The van der Waals surface area contributed by atoms with E-state index >= 15 is 0 Å². The van der Waals surface area contributed by atoms with Crippen molar-refractivity contribution in [1.82, 2.24) is 5.32 Å². The Kier molecular flexibility index (Phi) is 4.57. The molecule has 3 heteroatoms. The van der Waals surface area contributed by atoms with Crippen LogP contribution in [0.4, 0.5) is 0 Å². The van der Waals surface area contributed by atoms with Gasteiger partial charge in [0.15, 0.2) is 5.78 Å². The highest BCUT2D eigenvalue weighted by Gasteiger charge is 2.06. The second-order valence-electron chi connectivity index (χ2n) is 3.26. The molecule has 0 aromatic heterocycles. The van der Waals surface area contributed by atoms with Crippen molar-refractivity contribution in [1.29, 1.82) is 0 Å². The molecule has 0 saturated carbocycles. The maximum absolute atomic E-state index is 10.7. The lowest BCUT2D eigenvalue weighted by molar-refractivity contribution is -0.112. The molecule has 1 atom stereocenters. The van der Waals surface area contributed by atoms with Gasteiger partial charge in [-0.15, -0.1) is 0 Å². The molecule has 80 valence electrons. The summed E-state index contributed by atoms with van der Waals surface area (Å²) in [5, 5.41) is 12.1. The van der Waals surface area contributed by atoms with Crippen molar-refractivity contribution < 1.29 is 9.90 Å². The number of ketones is 1. The zero-order valence-electron chi connectivity index (χ0n) is 8.68. The summed E-state index contributed by atoms with van der Waals surface area (Å²) in [6, 6.07) is 9.43. The van der Waals surface area contributed by atoms with Crippen LogP contribution in [-0.4, -0.2) is 17.5 Å². The monoisotopic (exact) mass is 205 g/mol. The molecule has 0 amide bonds. The smallest absolute Gasteiger partial charge is 0.154 e. The molecule has 0 unspecified atom stereocenters. The van der Waals surface area contributed by atoms with Gasteiger partial charge in [0.05, 0.1) is 12.6 Å². The first-order chi connectivity index (χ1) is 7.24. The maximum atomic E-state index is 10.7. The van der Waals surface area contributed by atoms with Crippen LogP contribution in [0.1, 0.15) is 18.5 Å². The van der Waals surface area contributed by atoms with Gasteiger partial charge in [0.1, 0.15) is 0 Å².